The van der Waals surface area contributed by atoms with Crippen LogP contribution in [0.2, 0.25) is 0 Å². The molecule has 2 heterocycles. The Bertz CT molecular complexity index is 1460. The van der Waals surface area contributed by atoms with Gasteiger partial charge in [0.25, 0.3) is 5.91 Å². The van der Waals surface area contributed by atoms with E-state index in [4.69, 9.17) is 4.74 Å². The Labute approximate surface area is 240 Å². The van der Waals surface area contributed by atoms with E-state index in [1.54, 1.807) is 18.2 Å². The van der Waals surface area contributed by atoms with Crippen LogP contribution < -0.4 is 20.9 Å². The molecule has 9 heteroatoms. The maximum absolute atomic E-state index is 13.3. The Morgan fingerprint density at radius 3 is 2.34 bits per heavy atom. The maximum atomic E-state index is 13.3. The summed E-state index contributed by atoms with van der Waals surface area (Å²) in [4.78, 5) is 42.6. The van der Waals surface area contributed by atoms with Crippen LogP contribution in [0.15, 0.2) is 72.8 Å². The lowest BCUT2D eigenvalue weighted by Gasteiger charge is -2.32. The summed E-state index contributed by atoms with van der Waals surface area (Å²) in [5, 5.41) is 9.67. The zero-order chi connectivity index (χ0) is 28.9. The number of piperazine rings is 1. The number of carbonyl (C=O) groups is 3. The van der Waals surface area contributed by atoms with Crippen LogP contribution in [0.3, 0.4) is 0 Å². The van der Waals surface area contributed by atoms with Gasteiger partial charge in [0.1, 0.15) is 0 Å². The Hall–Kier alpha value is -4.47. The summed E-state index contributed by atoms with van der Waals surface area (Å²) in [7, 11) is 1.32. The lowest BCUT2D eigenvalue weighted by Crippen LogP contribution is -2.49. The van der Waals surface area contributed by atoms with E-state index < -0.39 is 5.97 Å². The topological polar surface area (TPSA) is 103 Å². The highest BCUT2D eigenvalue weighted by atomic mass is 16.5. The van der Waals surface area contributed by atoms with Gasteiger partial charge in [-0.2, -0.15) is 0 Å². The molecule has 2 amide bonds. The molecule has 0 unspecified atom stereocenters. The summed E-state index contributed by atoms with van der Waals surface area (Å²) in [6, 6.07) is 22.4. The van der Waals surface area contributed by atoms with Gasteiger partial charge < -0.3 is 25.6 Å². The van der Waals surface area contributed by atoms with Crippen molar-refractivity contribution < 1.29 is 19.1 Å². The molecule has 0 aliphatic carbocycles. The molecule has 0 aromatic heterocycles. The van der Waals surface area contributed by atoms with Crippen LogP contribution in [0, 0.1) is 0 Å². The first-order valence-corrected chi connectivity index (χ1v) is 13.8. The van der Waals surface area contributed by atoms with E-state index in [-0.39, 0.29) is 17.9 Å². The van der Waals surface area contributed by atoms with Crippen molar-refractivity contribution in [3.8, 4) is 0 Å². The van der Waals surface area contributed by atoms with Gasteiger partial charge in [0.05, 0.1) is 36.2 Å². The first kappa shape index (κ1) is 28.1. The summed E-state index contributed by atoms with van der Waals surface area (Å²) < 4.78 is 4.83. The fourth-order valence-electron chi connectivity index (χ4n) is 5.27. The number of fused-ring (bicyclic) bond motifs is 1. The second-order valence-corrected chi connectivity index (χ2v) is 10.4. The van der Waals surface area contributed by atoms with Crippen molar-refractivity contribution in [1.29, 1.82) is 0 Å². The van der Waals surface area contributed by atoms with Crippen molar-refractivity contribution in [1.82, 2.24) is 10.2 Å². The van der Waals surface area contributed by atoms with Crippen molar-refractivity contribution in [2.75, 3.05) is 55.4 Å². The summed E-state index contributed by atoms with van der Waals surface area (Å²) in [5.74, 6) is -0.669. The van der Waals surface area contributed by atoms with Crippen molar-refractivity contribution in [3.63, 3.8) is 0 Å². The first-order valence-electron chi connectivity index (χ1n) is 13.8. The molecule has 212 valence electrons. The SMILES string of the molecule is COC(=O)c1ccc2c(c1)NC(=O)C2=C(Nc1ccc(N(C(=O)CN2CCNCC2)C(C)C)cc1)c1ccccc1. The number of methoxy groups -OCH3 is 1. The normalized spacial score (nSPS) is 16.1. The standard InChI is InChI=1S/C32H35N5O4/c1-21(2)37(28(38)20-36-17-15-33-16-18-36)25-12-10-24(11-13-25)34-30(22-7-5-4-6-8-22)29-26-14-9-23(32(40)41-3)19-27(26)35-31(29)39/h4-14,19,21,33-34H,15-18,20H2,1-3H3,(H,35,39). The Balaban J connectivity index is 1.45. The smallest absolute Gasteiger partial charge is 0.337 e. The zero-order valence-corrected chi connectivity index (χ0v) is 23.6. The molecular weight excluding hydrogens is 518 g/mol. The fourth-order valence-corrected chi connectivity index (χ4v) is 5.27. The molecule has 1 fully saturated rings. The van der Waals surface area contributed by atoms with Crippen molar-refractivity contribution in [3.05, 3.63) is 89.5 Å². The predicted octanol–water partition coefficient (Wildman–Crippen LogP) is 4.05. The van der Waals surface area contributed by atoms with E-state index in [9.17, 15) is 14.4 Å². The predicted molar refractivity (Wildman–Crippen MR) is 162 cm³/mol. The average molecular weight is 554 g/mol. The third-order valence-electron chi connectivity index (χ3n) is 7.27. The minimum absolute atomic E-state index is 0.000195. The van der Waals surface area contributed by atoms with Gasteiger partial charge in [-0.15, -0.1) is 0 Å². The number of hydrogen-bond acceptors (Lipinski definition) is 7. The van der Waals surface area contributed by atoms with E-state index in [1.807, 2.05) is 73.3 Å². The second-order valence-electron chi connectivity index (χ2n) is 10.4. The minimum atomic E-state index is -0.470. The van der Waals surface area contributed by atoms with E-state index in [1.165, 1.54) is 7.11 Å². The summed E-state index contributed by atoms with van der Waals surface area (Å²) in [6.07, 6.45) is 0. The number of hydrogen-bond donors (Lipinski definition) is 3. The molecule has 0 radical (unpaired) electrons. The largest absolute Gasteiger partial charge is 0.465 e. The minimum Gasteiger partial charge on any atom is -0.465 e. The highest BCUT2D eigenvalue weighted by Gasteiger charge is 2.29. The summed E-state index contributed by atoms with van der Waals surface area (Å²) >= 11 is 0. The van der Waals surface area contributed by atoms with Crippen LogP contribution in [-0.2, 0) is 14.3 Å². The molecule has 3 aromatic rings. The Morgan fingerprint density at radius 2 is 1.68 bits per heavy atom. The van der Waals surface area contributed by atoms with E-state index in [0.717, 1.165) is 43.1 Å². The summed E-state index contributed by atoms with van der Waals surface area (Å²) in [5.41, 5.74) is 5.13. The Kier molecular flexibility index (Phi) is 8.47. The molecule has 0 saturated carbocycles. The number of anilines is 3. The number of benzene rings is 3. The number of amides is 2. The highest BCUT2D eigenvalue weighted by Crippen LogP contribution is 2.38. The van der Waals surface area contributed by atoms with E-state index >= 15 is 0 Å². The van der Waals surface area contributed by atoms with Gasteiger partial charge in [0, 0.05) is 49.2 Å². The van der Waals surface area contributed by atoms with Gasteiger partial charge >= 0.3 is 5.97 Å². The summed E-state index contributed by atoms with van der Waals surface area (Å²) in [6.45, 7) is 7.92. The number of carbonyl (C=O) groups excluding carboxylic acids is 3. The van der Waals surface area contributed by atoms with Crippen LogP contribution in [0.25, 0.3) is 11.3 Å². The third kappa shape index (κ3) is 6.16. The van der Waals surface area contributed by atoms with Crippen LogP contribution in [0.1, 0.15) is 35.3 Å². The van der Waals surface area contributed by atoms with Crippen molar-refractivity contribution >= 4 is 46.1 Å². The third-order valence-corrected chi connectivity index (χ3v) is 7.27. The van der Waals surface area contributed by atoms with E-state index in [0.29, 0.717) is 34.6 Å². The Morgan fingerprint density at radius 1 is 0.976 bits per heavy atom. The molecule has 41 heavy (non-hydrogen) atoms. The van der Waals surface area contributed by atoms with Gasteiger partial charge in [-0.05, 0) is 55.8 Å². The van der Waals surface area contributed by atoms with Gasteiger partial charge in [-0.3, -0.25) is 14.5 Å². The van der Waals surface area contributed by atoms with Crippen LogP contribution in [-0.4, -0.2) is 68.6 Å². The van der Waals surface area contributed by atoms with Gasteiger partial charge in [0.2, 0.25) is 5.91 Å². The molecule has 0 atom stereocenters. The van der Waals surface area contributed by atoms with Crippen LogP contribution in [0.4, 0.5) is 17.1 Å². The molecular formula is C32H35N5O4. The zero-order valence-electron chi connectivity index (χ0n) is 23.6. The van der Waals surface area contributed by atoms with Crippen molar-refractivity contribution in [2.24, 2.45) is 0 Å². The highest BCUT2D eigenvalue weighted by molar-refractivity contribution is 6.37. The van der Waals surface area contributed by atoms with E-state index in [2.05, 4.69) is 20.9 Å². The first-order chi connectivity index (χ1) is 19.9. The average Bonchev–Trinajstić information content (AvgIpc) is 3.31. The van der Waals surface area contributed by atoms with Gasteiger partial charge in [-0.1, -0.05) is 36.4 Å². The monoisotopic (exact) mass is 553 g/mol. The van der Waals surface area contributed by atoms with Crippen LogP contribution in [0.5, 0.6) is 0 Å². The number of esters is 1. The second kappa shape index (κ2) is 12.4. The molecule has 0 bridgehead atoms. The molecule has 1 saturated heterocycles. The fraction of sp³-hybridized carbons (Fsp3) is 0.281. The van der Waals surface area contributed by atoms with Gasteiger partial charge in [-0.25, -0.2) is 4.79 Å². The lowest BCUT2D eigenvalue weighted by molar-refractivity contribution is -0.120. The molecule has 0 spiro atoms. The molecule has 9 nitrogen and oxygen atoms in total. The molecule has 2 aliphatic heterocycles. The number of ether oxygens (including phenoxy) is 1. The maximum Gasteiger partial charge on any atom is 0.337 e. The molecule has 3 aromatic carbocycles. The molecule has 2 aliphatic rings. The van der Waals surface area contributed by atoms with Crippen molar-refractivity contribution in [2.45, 2.75) is 19.9 Å². The lowest BCUT2D eigenvalue weighted by atomic mass is 9.99. The molecule has 3 N–H and O–H groups in total. The number of nitrogens with one attached hydrogen (secondary N) is 3. The molecule has 5 rings (SSSR count). The number of nitrogens with zero attached hydrogens (tertiary/aromatic N) is 2. The quantitative estimate of drug-likeness (QED) is 0.286. The van der Waals surface area contributed by atoms with Gasteiger partial charge in [0.15, 0.2) is 0 Å². The van der Waals surface area contributed by atoms with Crippen LogP contribution >= 0.6 is 0 Å². The number of rotatable bonds is 8.